The van der Waals surface area contributed by atoms with Crippen LogP contribution in [0.3, 0.4) is 0 Å². The van der Waals surface area contributed by atoms with Gasteiger partial charge in [-0.25, -0.2) is 4.98 Å². The summed E-state index contributed by atoms with van der Waals surface area (Å²) in [7, 11) is 0. The Morgan fingerprint density at radius 1 is 1.07 bits per heavy atom. The predicted molar refractivity (Wildman–Crippen MR) is 117 cm³/mol. The van der Waals surface area contributed by atoms with Crippen molar-refractivity contribution >= 4 is 16.9 Å². The van der Waals surface area contributed by atoms with Gasteiger partial charge >= 0.3 is 0 Å². The number of carbonyl (C=O) groups is 1. The van der Waals surface area contributed by atoms with E-state index in [1.807, 2.05) is 47.4 Å². The topological polar surface area (TPSA) is 66.8 Å². The number of nitrogens with one attached hydrogen (secondary N) is 1. The Balaban J connectivity index is 1.23. The lowest BCUT2D eigenvalue weighted by atomic mass is 9.96. The van der Waals surface area contributed by atoms with E-state index in [0.29, 0.717) is 11.6 Å². The molecule has 1 aliphatic rings. The van der Waals surface area contributed by atoms with Crippen molar-refractivity contribution < 1.29 is 4.79 Å². The Hall–Kier alpha value is -3.41. The van der Waals surface area contributed by atoms with E-state index in [1.54, 1.807) is 0 Å². The van der Waals surface area contributed by atoms with Crippen molar-refractivity contribution in [3.8, 4) is 11.3 Å². The number of nitrogens with zero attached hydrogens (tertiary/aromatic N) is 4. The van der Waals surface area contributed by atoms with E-state index in [1.165, 1.54) is 5.52 Å². The smallest absolute Gasteiger partial charge is 0.271 e. The minimum absolute atomic E-state index is 0.0346. The van der Waals surface area contributed by atoms with Crippen LogP contribution in [0.5, 0.6) is 0 Å². The largest absolute Gasteiger partial charge is 0.337 e. The molecule has 0 atom stereocenters. The molecular weight excluding hydrogens is 374 g/mol. The molecule has 5 rings (SSSR count). The average Bonchev–Trinajstić information content (AvgIpc) is 3.40. The molecule has 1 amide bonds. The molecule has 3 heterocycles. The number of para-hydroxylation sites is 2. The first-order valence-corrected chi connectivity index (χ1v) is 10.5. The highest BCUT2D eigenvalue weighted by Crippen LogP contribution is 2.25. The van der Waals surface area contributed by atoms with Crippen LogP contribution in [0.1, 0.15) is 29.2 Å². The van der Waals surface area contributed by atoms with Gasteiger partial charge in [-0.3, -0.25) is 9.89 Å². The van der Waals surface area contributed by atoms with Gasteiger partial charge < -0.3 is 9.47 Å². The first-order chi connectivity index (χ1) is 14.7. The van der Waals surface area contributed by atoms with Gasteiger partial charge in [-0.05, 0) is 43.9 Å². The maximum absolute atomic E-state index is 12.9. The molecule has 0 saturated carbocycles. The van der Waals surface area contributed by atoms with Gasteiger partial charge in [0.1, 0.15) is 11.5 Å². The van der Waals surface area contributed by atoms with Gasteiger partial charge in [0.2, 0.25) is 0 Å². The third-order valence-corrected chi connectivity index (χ3v) is 6.07. The van der Waals surface area contributed by atoms with E-state index in [-0.39, 0.29) is 5.91 Å². The van der Waals surface area contributed by atoms with E-state index in [4.69, 9.17) is 0 Å². The van der Waals surface area contributed by atoms with Gasteiger partial charge in [0, 0.05) is 25.2 Å². The number of aromatic nitrogens is 4. The monoisotopic (exact) mass is 399 g/mol. The number of H-pyrrole nitrogens is 1. The summed E-state index contributed by atoms with van der Waals surface area (Å²) in [4.78, 5) is 19.6. The van der Waals surface area contributed by atoms with Gasteiger partial charge in [0.25, 0.3) is 5.91 Å². The normalized spacial score (nSPS) is 15.0. The predicted octanol–water partition coefficient (Wildman–Crippen LogP) is 4.29. The van der Waals surface area contributed by atoms with Gasteiger partial charge in [0.15, 0.2) is 0 Å². The number of carbonyl (C=O) groups excluding carboxylic acids is 1. The molecule has 1 aliphatic heterocycles. The molecule has 0 spiro atoms. The summed E-state index contributed by atoms with van der Waals surface area (Å²) < 4.78 is 2.32. The Bertz CT molecular complexity index is 1170. The molecule has 30 heavy (non-hydrogen) atoms. The molecule has 6 nitrogen and oxygen atoms in total. The summed E-state index contributed by atoms with van der Waals surface area (Å²) in [5.74, 6) is 1.64. The van der Waals surface area contributed by atoms with Crippen molar-refractivity contribution in [1.29, 1.82) is 0 Å². The van der Waals surface area contributed by atoms with Gasteiger partial charge in [-0.2, -0.15) is 5.10 Å². The number of amides is 1. The maximum atomic E-state index is 12.9. The van der Waals surface area contributed by atoms with Crippen LogP contribution in [0.2, 0.25) is 0 Å². The summed E-state index contributed by atoms with van der Waals surface area (Å²) in [6.45, 7) is 4.57. The number of benzene rings is 2. The number of piperidine rings is 1. The number of likely N-dealkylation sites (tertiary alicyclic amines) is 1. The van der Waals surface area contributed by atoms with Crippen molar-refractivity contribution in [2.45, 2.75) is 26.3 Å². The van der Waals surface area contributed by atoms with Crippen LogP contribution in [-0.2, 0) is 6.54 Å². The Morgan fingerprint density at radius 3 is 2.60 bits per heavy atom. The summed E-state index contributed by atoms with van der Waals surface area (Å²) in [6, 6.07) is 20.1. The molecule has 152 valence electrons. The second kappa shape index (κ2) is 7.78. The zero-order valence-corrected chi connectivity index (χ0v) is 17.1. The van der Waals surface area contributed by atoms with E-state index in [0.717, 1.165) is 55.1 Å². The molecule has 0 aliphatic carbocycles. The Kier molecular flexibility index (Phi) is 4.83. The zero-order valence-electron chi connectivity index (χ0n) is 17.1. The SMILES string of the molecule is Cc1nc2ccccc2n1CC1CCN(C(=O)c2cc(-c3ccccc3)n[nH]2)CC1. The van der Waals surface area contributed by atoms with E-state index in [2.05, 4.69) is 44.9 Å². The number of fused-ring (bicyclic) bond motifs is 1. The third-order valence-electron chi connectivity index (χ3n) is 6.07. The fourth-order valence-electron chi connectivity index (χ4n) is 4.36. The lowest BCUT2D eigenvalue weighted by Crippen LogP contribution is -2.39. The van der Waals surface area contributed by atoms with E-state index >= 15 is 0 Å². The molecule has 1 fully saturated rings. The number of aromatic amines is 1. The molecule has 2 aromatic heterocycles. The maximum Gasteiger partial charge on any atom is 0.271 e. The van der Waals surface area contributed by atoms with Crippen LogP contribution in [0, 0.1) is 12.8 Å². The quantitative estimate of drug-likeness (QED) is 0.557. The molecule has 2 aromatic carbocycles. The summed E-state index contributed by atoms with van der Waals surface area (Å²) >= 11 is 0. The highest BCUT2D eigenvalue weighted by molar-refractivity contribution is 5.93. The van der Waals surface area contributed by atoms with Crippen LogP contribution in [0.15, 0.2) is 60.7 Å². The van der Waals surface area contributed by atoms with Crippen LogP contribution in [-0.4, -0.2) is 43.6 Å². The second-order valence-corrected chi connectivity index (χ2v) is 8.03. The van der Waals surface area contributed by atoms with Crippen molar-refractivity contribution in [1.82, 2.24) is 24.6 Å². The molecular formula is C24H25N5O. The van der Waals surface area contributed by atoms with Crippen LogP contribution in [0.25, 0.3) is 22.3 Å². The Morgan fingerprint density at radius 2 is 1.80 bits per heavy atom. The fourth-order valence-corrected chi connectivity index (χ4v) is 4.36. The summed E-state index contributed by atoms with van der Waals surface area (Å²) in [6.07, 6.45) is 1.99. The number of hydrogen-bond acceptors (Lipinski definition) is 3. The van der Waals surface area contributed by atoms with Crippen LogP contribution in [0.4, 0.5) is 0 Å². The van der Waals surface area contributed by atoms with E-state index in [9.17, 15) is 4.79 Å². The van der Waals surface area contributed by atoms with Gasteiger partial charge in [0.05, 0.1) is 16.7 Å². The van der Waals surface area contributed by atoms with Crippen molar-refractivity contribution in [2.75, 3.05) is 13.1 Å². The van der Waals surface area contributed by atoms with Gasteiger partial charge in [-0.1, -0.05) is 42.5 Å². The average molecular weight is 399 g/mol. The highest BCUT2D eigenvalue weighted by atomic mass is 16.2. The molecule has 1 N–H and O–H groups in total. The number of aryl methyl sites for hydroxylation is 1. The van der Waals surface area contributed by atoms with Crippen molar-refractivity contribution in [3.05, 3.63) is 72.2 Å². The zero-order chi connectivity index (χ0) is 20.5. The number of imidazole rings is 1. The minimum atomic E-state index is 0.0346. The molecule has 0 unspecified atom stereocenters. The number of hydrogen-bond donors (Lipinski definition) is 1. The molecule has 0 radical (unpaired) electrons. The molecule has 0 bridgehead atoms. The molecule has 6 heteroatoms. The van der Waals surface area contributed by atoms with Crippen molar-refractivity contribution in [3.63, 3.8) is 0 Å². The first kappa shape index (κ1) is 18.6. The summed E-state index contributed by atoms with van der Waals surface area (Å²) in [5.41, 5.74) is 4.62. The standard InChI is InChI=1S/C24H25N5O/c1-17-25-20-9-5-6-10-23(20)29(17)16-18-11-13-28(14-12-18)24(30)22-15-21(26-27-22)19-7-3-2-4-8-19/h2-10,15,18H,11-14,16H2,1H3,(H,26,27). The van der Waals surface area contributed by atoms with Crippen LogP contribution < -0.4 is 0 Å². The first-order valence-electron chi connectivity index (χ1n) is 10.5. The lowest BCUT2D eigenvalue weighted by molar-refractivity contribution is 0.0677. The van der Waals surface area contributed by atoms with E-state index < -0.39 is 0 Å². The Labute approximate surface area is 175 Å². The number of rotatable bonds is 4. The fraction of sp³-hybridized carbons (Fsp3) is 0.292. The van der Waals surface area contributed by atoms with Crippen molar-refractivity contribution in [2.24, 2.45) is 5.92 Å². The third kappa shape index (κ3) is 3.49. The lowest BCUT2D eigenvalue weighted by Gasteiger charge is -2.32. The highest BCUT2D eigenvalue weighted by Gasteiger charge is 2.26. The van der Waals surface area contributed by atoms with Crippen LogP contribution >= 0.6 is 0 Å². The molecule has 4 aromatic rings. The molecule has 1 saturated heterocycles. The second-order valence-electron chi connectivity index (χ2n) is 8.03. The minimum Gasteiger partial charge on any atom is -0.337 e. The van der Waals surface area contributed by atoms with Gasteiger partial charge in [-0.15, -0.1) is 0 Å². The summed E-state index contributed by atoms with van der Waals surface area (Å²) in [5, 5.41) is 7.25.